The standard InChI is InChI=1S/C12H15NO3/c1-9(12(15)16)6-7-13-8-10-2-4-11(14)5-3-10/h2-6,13-14H,7-8H2,1H3,(H,15,16)/b9-6-. The van der Waals surface area contributed by atoms with Crippen LogP contribution in [-0.2, 0) is 11.3 Å². The van der Waals surface area contributed by atoms with Crippen molar-refractivity contribution in [3.8, 4) is 5.75 Å². The van der Waals surface area contributed by atoms with Crippen molar-refractivity contribution in [3.05, 3.63) is 41.5 Å². The lowest BCUT2D eigenvalue weighted by Crippen LogP contribution is -2.14. The lowest BCUT2D eigenvalue weighted by Gasteiger charge is -2.02. The Kier molecular flexibility index (Phi) is 4.54. The van der Waals surface area contributed by atoms with Crippen LogP contribution < -0.4 is 5.32 Å². The van der Waals surface area contributed by atoms with Gasteiger partial charge in [0.15, 0.2) is 0 Å². The molecule has 4 heteroatoms. The predicted octanol–water partition coefficient (Wildman–Crippen LogP) is 1.51. The highest BCUT2D eigenvalue weighted by Crippen LogP contribution is 2.08. The van der Waals surface area contributed by atoms with Crippen LogP contribution in [-0.4, -0.2) is 22.7 Å². The fraction of sp³-hybridized carbons (Fsp3) is 0.250. The molecule has 86 valence electrons. The van der Waals surface area contributed by atoms with Gasteiger partial charge >= 0.3 is 5.97 Å². The van der Waals surface area contributed by atoms with Crippen molar-refractivity contribution in [2.45, 2.75) is 13.5 Å². The van der Waals surface area contributed by atoms with Crippen molar-refractivity contribution in [2.24, 2.45) is 0 Å². The normalized spacial score (nSPS) is 11.4. The number of carboxylic acid groups (broad SMARTS) is 1. The zero-order valence-electron chi connectivity index (χ0n) is 9.10. The number of rotatable bonds is 5. The highest BCUT2D eigenvalue weighted by molar-refractivity contribution is 5.85. The van der Waals surface area contributed by atoms with Crippen molar-refractivity contribution in [3.63, 3.8) is 0 Å². The summed E-state index contributed by atoms with van der Waals surface area (Å²) in [6.45, 7) is 2.72. The molecule has 0 aliphatic heterocycles. The Bertz CT molecular complexity index is 382. The first-order valence-corrected chi connectivity index (χ1v) is 4.98. The molecule has 0 fully saturated rings. The molecule has 0 bridgehead atoms. The quantitative estimate of drug-likeness (QED) is 0.520. The van der Waals surface area contributed by atoms with Gasteiger partial charge in [-0.05, 0) is 24.6 Å². The third kappa shape index (κ3) is 4.14. The fourth-order valence-electron chi connectivity index (χ4n) is 1.14. The van der Waals surface area contributed by atoms with Gasteiger partial charge in [-0.2, -0.15) is 0 Å². The molecule has 3 N–H and O–H groups in total. The van der Waals surface area contributed by atoms with Gasteiger partial charge in [-0.1, -0.05) is 18.2 Å². The molecule has 1 aromatic carbocycles. The van der Waals surface area contributed by atoms with E-state index < -0.39 is 5.97 Å². The van der Waals surface area contributed by atoms with Gasteiger partial charge in [-0.15, -0.1) is 0 Å². The molecular formula is C12H15NO3. The Morgan fingerprint density at radius 3 is 2.56 bits per heavy atom. The average Bonchev–Trinajstić information content (AvgIpc) is 2.26. The number of hydrogen-bond donors (Lipinski definition) is 3. The summed E-state index contributed by atoms with van der Waals surface area (Å²) in [5.74, 6) is -0.656. The smallest absolute Gasteiger partial charge is 0.330 e. The third-order valence-electron chi connectivity index (χ3n) is 2.16. The molecule has 0 aliphatic carbocycles. The second-order valence-corrected chi connectivity index (χ2v) is 3.49. The number of aliphatic carboxylic acids is 1. The summed E-state index contributed by atoms with van der Waals surface area (Å²) in [5.41, 5.74) is 1.37. The van der Waals surface area contributed by atoms with Gasteiger partial charge in [0.25, 0.3) is 0 Å². The second-order valence-electron chi connectivity index (χ2n) is 3.49. The minimum atomic E-state index is -0.897. The molecule has 0 saturated heterocycles. The SMILES string of the molecule is C/C(=C/CNCc1ccc(O)cc1)C(=O)O. The highest BCUT2D eigenvalue weighted by Gasteiger charge is 1.97. The maximum Gasteiger partial charge on any atom is 0.330 e. The lowest BCUT2D eigenvalue weighted by molar-refractivity contribution is -0.132. The molecule has 1 aromatic rings. The van der Waals surface area contributed by atoms with Gasteiger partial charge in [-0.3, -0.25) is 0 Å². The molecule has 0 aliphatic rings. The Morgan fingerprint density at radius 1 is 1.38 bits per heavy atom. The van der Waals surface area contributed by atoms with Gasteiger partial charge in [0.1, 0.15) is 5.75 Å². The summed E-state index contributed by atoms with van der Waals surface area (Å²) in [5, 5.41) is 20.8. The van der Waals surface area contributed by atoms with Crippen LogP contribution in [0.25, 0.3) is 0 Å². The van der Waals surface area contributed by atoms with E-state index in [-0.39, 0.29) is 5.75 Å². The van der Waals surface area contributed by atoms with Crippen LogP contribution in [0.5, 0.6) is 5.75 Å². The van der Waals surface area contributed by atoms with E-state index in [9.17, 15) is 4.79 Å². The summed E-state index contributed by atoms with van der Waals surface area (Å²) in [7, 11) is 0. The average molecular weight is 221 g/mol. The van der Waals surface area contributed by atoms with Gasteiger partial charge in [0.05, 0.1) is 0 Å². The zero-order chi connectivity index (χ0) is 12.0. The molecule has 4 nitrogen and oxygen atoms in total. The van der Waals surface area contributed by atoms with Crippen LogP contribution >= 0.6 is 0 Å². The van der Waals surface area contributed by atoms with Crippen molar-refractivity contribution in [1.29, 1.82) is 0 Å². The van der Waals surface area contributed by atoms with Crippen LogP contribution in [0.4, 0.5) is 0 Å². The summed E-state index contributed by atoms with van der Waals surface area (Å²) in [6.07, 6.45) is 1.63. The summed E-state index contributed by atoms with van der Waals surface area (Å²) < 4.78 is 0. The Labute approximate surface area is 94.2 Å². The molecular weight excluding hydrogens is 206 g/mol. The van der Waals surface area contributed by atoms with Crippen LogP contribution in [0.3, 0.4) is 0 Å². The van der Waals surface area contributed by atoms with Gasteiger partial charge in [0, 0.05) is 18.7 Å². The van der Waals surface area contributed by atoms with Crippen LogP contribution in [0.2, 0.25) is 0 Å². The number of benzene rings is 1. The number of hydrogen-bond acceptors (Lipinski definition) is 3. The van der Waals surface area contributed by atoms with Gasteiger partial charge < -0.3 is 15.5 Å². The monoisotopic (exact) mass is 221 g/mol. The van der Waals surface area contributed by atoms with E-state index in [1.54, 1.807) is 25.1 Å². The van der Waals surface area contributed by atoms with E-state index in [1.807, 2.05) is 12.1 Å². The molecule has 0 unspecified atom stereocenters. The van der Waals surface area contributed by atoms with Gasteiger partial charge in [-0.25, -0.2) is 4.79 Å². The first kappa shape index (κ1) is 12.3. The highest BCUT2D eigenvalue weighted by atomic mass is 16.4. The van der Waals surface area contributed by atoms with E-state index in [0.29, 0.717) is 18.7 Å². The molecule has 0 heterocycles. The number of phenolic OH excluding ortho intramolecular Hbond substituents is 1. The Hall–Kier alpha value is -1.81. The van der Waals surface area contributed by atoms with Crippen LogP contribution in [0.1, 0.15) is 12.5 Å². The molecule has 0 aromatic heterocycles. The summed E-state index contributed by atoms with van der Waals surface area (Å²) in [4.78, 5) is 10.5. The van der Waals surface area contributed by atoms with E-state index >= 15 is 0 Å². The predicted molar refractivity (Wildman–Crippen MR) is 61.2 cm³/mol. The number of phenols is 1. The zero-order valence-corrected chi connectivity index (χ0v) is 9.10. The second kappa shape index (κ2) is 5.92. The molecule has 0 spiro atoms. The van der Waals surface area contributed by atoms with E-state index in [4.69, 9.17) is 10.2 Å². The molecule has 0 amide bonds. The third-order valence-corrected chi connectivity index (χ3v) is 2.16. The van der Waals surface area contributed by atoms with Crippen LogP contribution in [0, 0.1) is 0 Å². The first-order valence-electron chi connectivity index (χ1n) is 4.98. The summed E-state index contributed by atoms with van der Waals surface area (Å²) >= 11 is 0. The minimum Gasteiger partial charge on any atom is -0.508 e. The number of aromatic hydroxyl groups is 1. The summed E-state index contributed by atoms with van der Waals surface area (Å²) in [6, 6.07) is 6.87. The Balaban J connectivity index is 2.34. The fourth-order valence-corrected chi connectivity index (χ4v) is 1.14. The number of nitrogens with one attached hydrogen (secondary N) is 1. The Morgan fingerprint density at radius 2 is 2.00 bits per heavy atom. The lowest BCUT2D eigenvalue weighted by atomic mass is 10.2. The molecule has 0 atom stereocenters. The molecule has 0 saturated carbocycles. The van der Waals surface area contributed by atoms with Crippen molar-refractivity contribution >= 4 is 5.97 Å². The minimum absolute atomic E-state index is 0.241. The van der Waals surface area contributed by atoms with Gasteiger partial charge in [0.2, 0.25) is 0 Å². The largest absolute Gasteiger partial charge is 0.508 e. The topological polar surface area (TPSA) is 69.6 Å². The molecule has 1 rings (SSSR count). The van der Waals surface area contributed by atoms with Crippen LogP contribution in [0.15, 0.2) is 35.9 Å². The van der Waals surface area contributed by atoms with E-state index in [2.05, 4.69) is 5.32 Å². The number of carboxylic acids is 1. The molecule has 16 heavy (non-hydrogen) atoms. The number of carbonyl (C=O) groups is 1. The van der Waals surface area contributed by atoms with Crippen molar-refractivity contribution < 1.29 is 15.0 Å². The van der Waals surface area contributed by atoms with Crippen molar-refractivity contribution in [1.82, 2.24) is 5.32 Å². The maximum absolute atomic E-state index is 10.5. The first-order chi connectivity index (χ1) is 7.59. The van der Waals surface area contributed by atoms with E-state index in [1.165, 1.54) is 0 Å². The molecule has 0 radical (unpaired) electrons. The maximum atomic E-state index is 10.5. The van der Waals surface area contributed by atoms with E-state index in [0.717, 1.165) is 5.56 Å². The van der Waals surface area contributed by atoms with Crippen molar-refractivity contribution in [2.75, 3.05) is 6.54 Å².